The fourth-order valence-electron chi connectivity index (χ4n) is 1.65. The first kappa shape index (κ1) is 15.8. The SMILES string of the molecule is CCO[Si](O[Si](C)C)(O[Si](C)C)c1ccccc1. The van der Waals surface area contributed by atoms with E-state index in [4.69, 9.17) is 12.7 Å². The highest BCUT2D eigenvalue weighted by Gasteiger charge is 2.44. The van der Waals surface area contributed by atoms with E-state index < -0.39 is 26.9 Å². The Kier molecular flexibility index (Phi) is 6.47. The van der Waals surface area contributed by atoms with Gasteiger partial charge in [0.1, 0.15) is 0 Å². The van der Waals surface area contributed by atoms with Gasteiger partial charge in [0.05, 0.1) is 0 Å². The van der Waals surface area contributed by atoms with E-state index in [2.05, 4.69) is 38.3 Å². The number of hydrogen-bond donors (Lipinski definition) is 0. The zero-order chi connectivity index (χ0) is 13.6. The lowest BCUT2D eigenvalue weighted by atomic mass is 10.4. The van der Waals surface area contributed by atoms with Gasteiger partial charge in [-0.05, 0) is 33.1 Å². The monoisotopic (exact) mass is 298 g/mol. The predicted molar refractivity (Wildman–Crippen MR) is 80.6 cm³/mol. The molecule has 100 valence electrons. The Morgan fingerprint density at radius 2 is 1.44 bits per heavy atom. The predicted octanol–water partition coefficient (Wildman–Crippen LogP) is 2.40. The molecule has 1 rings (SSSR count). The fraction of sp³-hybridized carbons (Fsp3) is 0.500. The second kappa shape index (κ2) is 7.37. The van der Waals surface area contributed by atoms with E-state index in [-0.39, 0.29) is 0 Å². The van der Waals surface area contributed by atoms with Crippen molar-refractivity contribution in [2.75, 3.05) is 6.61 Å². The van der Waals surface area contributed by atoms with Crippen molar-refractivity contribution in [2.24, 2.45) is 0 Å². The topological polar surface area (TPSA) is 27.7 Å². The van der Waals surface area contributed by atoms with Crippen molar-refractivity contribution in [2.45, 2.75) is 33.1 Å². The molecule has 6 heteroatoms. The second-order valence-corrected chi connectivity index (χ2v) is 11.6. The van der Waals surface area contributed by atoms with Crippen LogP contribution in [0.25, 0.3) is 0 Å². The van der Waals surface area contributed by atoms with Crippen molar-refractivity contribution in [3.05, 3.63) is 30.3 Å². The number of hydrogen-bond acceptors (Lipinski definition) is 3. The summed E-state index contributed by atoms with van der Waals surface area (Å²) in [6.45, 7) is 11.1. The summed E-state index contributed by atoms with van der Waals surface area (Å²) in [6, 6.07) is 10.1. The van der Waals surface area contributed by atoms with Crippen LogP contribution in [0.5, 0.6) is 0 Å². The van der Waals surface area contributed by atoms with E-state index in [1.165, 1.54) is 0 Å². The quantitative estimate of drug-likeness (QED) is 0.724. The summed E-state index contributed by atoms with van der Waals surface area (Å²) >= 11 is 0. The summed E-state index contributed by atoms with van der Waals surface area (Å²) in [6.07, 6.45) is 0. The van der Waals surface area contributed by atoms with Crippen molar-refractivity contribution in [1.29, 1.82) is 0 Å². The van der Waals surface area contributed by atoms with E-state index in [0.29, 0.717) is 6.61 Å². The van der Waals surface area contributed by atoms with Crippen LogP contribution in [0.15, 0.2) is 30.3 Å². The van der Waals surface area contributed by atoms with Crippen LogP contribution in [0, 0.1) is 0 Å². The van der Waals surface area contributed by atoms with Crippen molar-refractivity contribution in [1.82, 2.24) is 0 Å². The van der Waals surface area contributed by atoms with E-state index in [9.17, 15) is 0 Å². The summed E-state index contributed by atoms with van der Waals surface area (Å²) in [5, 5.41) is 1.07. The van der Waals surface area contributed by atoms with Gasteiger partial charge < -0.3 is 12.7 Å². The molecule has 0 spiro atoms. The molecule has 0 fully saturated rings. The minimum atomic E-state index is -2.71. The molecule has 0 heterocycles. The summed E-state index contributed by atoms with van der Waals surface area (Å²) in [5.74, 6) is 0. The fourth-order valence-corrected chi connectivity index (χ4v) is 9.05. The smallest absolute Gasteiger partial charge is 0.413 e. The Labute approximate surface area is 115 Å². The zero-order valence-electron chi connectivity index (χ0n) is 11.8. The van der Waals surface area contributed by atoms with Crippen LogP contribution >= 0.6 is 0 Å². The van der Waals surface area contributed by atoms with Gasteiger partial charge in [-0.25, -0.2) is 0 Å². The van der Waals surface area contributed by atoms with Gasteiger partial charge in [0, 0.05) is 11.8 Å². The molecule has 3 nitrogen and oxygen atoms in total. The lowest BCUT2D eigenvalue weighted by molar-refractivity contribution is 0.192. The third-order valence-corrected chi connectivity index (χ3v) is 9.26. The second-order valence-electron chi connectivity index (χ2n) is 4.38. The van der Waals surface area contributed by atoms with Crippen molar-refractivity contribution in [3.63, 3.8) is 0 Å². The molecule has 18 heavy (non-hydrogen) atoms. The highest BCUT2D eigenvalue weighted by atomic mass is 28.5. The van der Waals surface area contributed by atoms with Gasteiger partial charge in [0.2, 0.25) is 0 Å². The minimum absolute atomic E-state index is 0.616. The molecule has 0 unspecified atom stereocenters. The molecule has 0 saturated heterocycles. The highest BCUT2D eigenvalue weighted by molar-refractivity contribution is 6.85. The molecule has 0 N–H and O–H groups in total. The van der Waals surface area contributed by atoms with Crippen LogP contribution < -0.4 is 5.19 Å². The van der Waals surface area contributed by atoms with Crippen LogP contribution in [-0.2, 0) is 12.7 Å². The van der Waals surface area contributed by atoms with Gasteiger partial charge in [-0.2, -0.15) is 0 Å². The summed E-state index contributed by atoms with van der Waals surface area (Å²) in [7, 11) is -4.46. The molecule has 0 aromatic heterocycles. The normalized spacial score (nSPS) is 12.4. The Morgan fingerprint density at radius 1 is 0.944 bits per heavy atom. The molecule has 0 atom stereocenters. The van der Waals surface area contributed by atoms with Crippen molar-refractivity contribution < 1.29 is 12.7 Å². The average molecular weight is 299 g/mol. The first-order chi connectivity index (χ1) is 8.50. The molecular formula is C12H22O3Si3. The van der Waals surface area contributed by atoms with Crippen molar-refractivity contribution >= 4 is 32.1 Å². The maximum absolute atomic E-state index is 6.20. The van der Waals surface area contributed by atoms with E-state index in [1.807, 2.05) is 25.1 Å². The largest absolute Gasteiger partial charge is 0.516 e. The number of rotatable bonds is 7. The van der Waals surface area contributed by atoms with Gasteiger partial charge in [-0.1, -0.05) is 30.3 Å². The third kappa shape index (κ3) is 4.45. The molecule has 2 radical (unpaired) electrons. The summed E-state index contributed by atoms with van der Waals surface area (Å²) < 4.78 is 18.4. The number of benzene rings is 1. The first-order valence-electron chi connectivity index (χ1n) is 6.18. The lowest BCUT2D eigenvalue weighted by Crippen LogP contribution is -2.60. The van der Waals surface area contributed by atoms with Crippen LogP contribution in [0.2, 0.25) is 26.2 Å². The van der Waals surface area contributed by atoms with Crippen LogP contribution in [0.3, 0.4) is 0 Å². The van der Waals surface area contributed by atoms with Crippen LogP contribution in [0.1, 0.15) is 6.92 Å². The van der Waals surface area contributed by atoms with Gasteiger partial charge in [0.15, 0.2) is 18.1 Å². The molecule has 0 aliphatic heterocycles. The molecule has 0 aliphatic rings. The van der Waals surface area contributed by atoms with E-state index in [1.54, 1.807) is 0 Å². The maximum Gasteiger partial charge on any atom is 0.516 e. The first-order valence-corrected chi connectivity index (χ1v) is 12.7. The Balaban J connectivity index is 3.10. The molecule has 0 aliphatic carbocycles. The highest BCUT2D eigenvalue weighted by Crippen LogP contribution is 2.14. The molecule has 1 aromatic carbocycles. The lowest BCUT2D eigenvalue weighted by Gasteiger charge is -2.32. The standard InChI is InChI=1S/C12H22O3Si3/c1-6-13-18(14-16(2)3,15-17(4)5)12-10-8-7-9-11-12/h7-11H,6H2,1-5H3. The van der Waals surface area contributed by atoms with Crippen LogP contribution in [0.4, 0.5) is 0 Å². The van der Waals surface area contributed by atoms with Crippen LogP contribution in [-0.4, -0.2) is 33.5 Å². The molecule has 0 amide bonds. The summed E-state index contributed by atoms with van der Waals surface area (Å²) in [4.78, 5) is 0. The Bertz CT molecular complexity index is 334. The molecule has 0 saturated carbocycles. The average Bonchev–Trinajstić information content (AvgIpc) is 2.28. The van der Waals surface area contributed by atoms with E-state index in [0.717, 1.165) is 5.19 Å². The Morgan fingerprint density at radius 3 is 1.83 bits per heavy atom. The zero-order valence-corrected chi connectivity index (χ0v) is 14.8. The van der Waals surface area contributed by atoms with Gasteiger partial charge in [-0.3, -0.25) is 0 Å². The minimum Gasteiger partial charge on any atom is -0.413 e. The van der Waals surface area contributed by atoms with Gasteiger partial charge in [0.25, 0.3) is 0 Å². The van der Waals surface area contributed by atoms with Gasteiger partial charge >= 0.3 is 8.80 Å². The molecule has 0 bridgehead atoms. The molecule has 1 aromatic rings. The Hall–Kier alpha value is -0.249. The third-order valence-electron chi connectivity index (χ3n) is 2.14. The maximum atomic E-state index is 6.20. The van der Waals surface area contributed by atoms with Gasteiger partial charge in [-0.15, -0.1) is 0 Å². The van der Waals surface area contributed by atoms with E-state index >= 15 is 0 Å². The molecular weight excluding hydrogens is 276 g/mol. The van der Waals surface area contributed by atoms with Crippen molar-refractivity contribution in [3.8, 4) is 0 Å². The summed E-state index contributed by atoms with van der Waals surface area (Å²) in [5.41, 5.74) is 0.